The van der Waals surface area contributed by atoms with Crippen LogP contribution in [0, 0.1) is 0 Å². The number of sulfonamides is 1. The van der Waals surface area contributed by atoms with E-state index in [1.54, 1.807) is 25.2 Å². The van der Waals surface area contributed by atoms with Crippen molar-refractivity contribution in [3.05, 3.63) is 28.7 Å². The van der Waals surface area contributed by atoms with E-state index in [1.165, 1.54) is 11.0 Å². The van der Waals surface area contributed by atoms with Gasteiger partial charge in [-0.2, -0.15) is 0 Å². The van der Waals surface area contributed by atoms with Crippen LogP contribution in [0.15, 0.2) is 33.6 Å². The summed E-state index contributed by atoms with van der Waals surface area (Å²) in [6.07, 6.45) is 0. The Kier molecular flexibility index (Phi) is 5.30. The summed E-state index contributed by atoms with van der Waals surface area (Å²) >= 11 is 3.17. The molecule has 0 heterocycles. The molecule has 1 aromatic rings. The van der Waals surface area contributed by atoms with Crippen molar-refractivity contribution in [2.75, 3.05) is 20.1 Å². The quantitative estimate of drug-likeness (QED) is 0.879. The minimum atomic E-state index is -3.67. The van der Waals surface area contributed by atoms with Gasteiger partial charge in [-0.15, -0.1) is 0 Å². The van der Waals surface area contributed by atoms with Crippen molar-refractivity contribution >= 4 is 31.9 Å². The second-order valence-electron chi connectivity index (χ2n) is 3.66. The fourth-order valence-electron chi connectivity index (χ4n) is 1.21. The summed E-state index contributed by atoms with van der Waals surface area (Å²) in [6.45, 7) is 2.11. The van der Waals surface area contributed by atoms with Crippen LogP contribution in [0.5, 0.6) is 0 Å². The van der Waals surface area contributed by atoms with E-state index in [-0.39, 0.29) is 17.3 Å². The van der Waals surface area contributed by atoms with Gasteiger partial charge in [-0.05, 0) is 35.0 Å². The molecule has 1 rings (SSSR count). The largest absolute Gasteiger partial charge is 0.345 e. The summed E-state index contributed by atoms with van der Waals surface area (Å²) in [4.78, 5) is 13.1. The van der Waals surface area contributed by atoms with Gasteiger partial charge in [0.05, 0.1) is 11.4 Å². The van der Waals surface area contributed by atoms with Gasteiger partial charge in [0.15, 0.2) is 0 Å². The van der Waals surface area contributed by atoms with Gasteiger partial charge in [0.2, 0.25) is 15.9 Å². The molecular weight excluding hydrogens is 320 g/mol. The van der Waals surface area contributed by atoms with Gasteiger partial charge in [-0.25, -0.2) is 13.1 Å². The highest BCUT2D eigenvalue weighted by Crippen LogP contribution is 2.20. The lowest BCUT2D eigenvalue weighted by atomic mass is 10.4. The van der Waals surface area contributed by atoms with Gasteiger partial charge in [-0.3, -0.25) is 4.79 Å². The molecule has 0 radical (unpaired) electrons. The Bertz CT molecular complexity index is 531. The zero-order valence-electron chi connectivity index (χ0n) is 10.2. The molecule has 0 aliphatic carbocycles. The molecule has 1 aromatic carbocycles. The van der Waals surface area contributed by atoms with Crippen molar-refractivity contribution in [3.8, 4) is 0 Å². The zero-order valence-corrected chi connectivity index (χ0v) is 12.6. The maximum atomic E-state index is 12.0. The minimum absolute atomic E-state index is 0.122. The summed E-state index contributed by atoms with van der Waals surface area (Å²) in [5.41, 5.74) is 0. The molecule has 5 nitrogen and oxygen atoms in total. The van der Waals surface area contributed by atoms with Gasteiger partial charge in [0, 0.05) is 18.1 Å². The molecule has 0 aromatic heterocycles. The van der Waals surface area contributed by atoms with Gasteiger partial charge >= 0.3 is 0 Å². The Balaban J connectivity index is 2.79. The maximum Gasteiger partial charge on any atom is 0.242 e. The van der Waals surface area contributed by atoms with Crippen LogP contribution in [0.2, 0.25) is 0 Å². The van der Waals surface area contributed by atoms with Crippen LogP contribution in [0.1, 0.15) is 6.92 Å². The molecule has 0 bridgehead atoms. The maximum absolute atomic E-state index is 12.0. The van der Waals surface area contributed by atoms with Crippen LogP contribution < -0.4 is 4.72 Å². The Morgan fingerprint density at radius 1 is 1.39 bits per heavy atom. The number of rotatable bonds is 5. The average Bonchev–Trinajstić information content (AvgIpc) is 2.35. The Morgan fingerprint density at radius 3 is 2.56 bits per heavy atom. The smallest absolute Gasteiger partial charge is 0.242 e. The Hall–Kier alpha value is -0.920. The Morgan fingerprint density at radius 2 is 2.00 bits per heavy atom. The van der Waals surface area contributed by atoms with Crippen molar-refractivity contribution in [2.24, 2.45) is 0 Å². The summed E-state index contributed by atoms with van der Waals surface area (Å²) in [6, 6.07) is 6.45. The molecule has 7 heteroatoms. The number of nitrogens with zero attached hydrogens (tertiary/aromatic N) is 1. The number of nitrogens with one attached hydrogen (secondary N) is 1. The molecule has 0 aliphatic rings. The van der Waals surface area contributed by atoms with Crippen molar-refractivity contribution in [2.45, 2.75) is 11.8 Å². The number of likely N-dealkylation sites (N-methyl/N-ethyl adjacent to an activating group) is 1. The number of carbonyl (C=O) groups excluding carboxylic acids is 1. The second kappa shape index (κ2) is 6.31. The molecule has 0 fully saturated rings. The number of hydrogen-bond acceptors (Lipinski definition) is 3. The van der Waals surface area contributed by atoms with Crippen molar-refractivity contribution in [1.29, 1.82) is 0 Å². The third-order valence-corrected chi connectivity index (χ3v) is 4.85. The third-order valence-electron chi connectivity index (χ3n) is 2.44. The normalized spacial score (nSPS) is 11.3. The first-order chi connectivity index (χ1) is 8.38. The number of halogens is 1. The predicted molar refractivity (Wildman–Crippen MR) is 72.6 cm³/mol. The lowest BCUT2D eigenvalue weighted by Crippen LogP contribution is -2.38. The van der Waals surface area contributed by atoms with Crippen LogP contribution in [0.4, 0.5) is 0 Å². The van der Waals surface area contributed by atoms with Crippen LogP contribution in [0.3, 0.4) is 0 Å². The van der Waals surface area contributed by atoms with E-state index in [4.69, 9.17) is 0 Å². The van der Waals surface area contributed by atoms with E-state index in [9.17, 15) is 13.2 Å². The molecule has 0 atom stereocenters. The van der Waals surface area contributed by atoms with Crippen molar-refractivity contribution < 1.29 is 13.2 Å². The fraction of sp³-hybridized carbons (Fsp3) is 0.364. The summed E-state index contributed by atoms with van der Waals surface area (Å²) in [5.74, 6) is -0.270. The first-order valence-corrected chi connectivity index (χ1v) is 7.64. The molecule has 18 heavy (non-hydrogen) atoms. The van der Waals surface area contributed by atoms with E-state index < -0.39 is 10.0 Å². The Labute approximate surface area is 115 Å². The molecule has 0 saturated heterocycles. The predicted octanol–water partition coefficient (Wildman–Crippen LogP) is 1.21. The highest BCUT2D eigenvalue weighted by molar-refractivity contribution is 9.10. The number of carbonyl (C=O) groups is 1. The summed E-state index contributed by atoms with van der Waals surface area (Å²) in [7, 11) is -2.05. The van der Waals surface area contributed by atoms with Gasteiger partial charge in [0.25, 0.3) is 0 Å². The molecular formula is C11H15BrN2O3S. The van der Waals surface area contributed by atoms with Gasteiger partial charge < -0.3 is 4.90 Å². The van der Waals surface area contributed by atoms with E-state index in [0.717, 1.165) is 0 Å². The number of benzene rings is 1. The van der Waals surface area contributed by atoms with Crippen LogP contribution in [0.25, 0.3) is 0 Å². The molecule has 1 N–H and O–H groups in total. The fourth-order valence-corrected chi connectivity index (χ4v) is 3.18. The summed E-state index contributed by atoms with van der Waals surface area (Å²) in [5, 5.41) is 0. The van der Waals surface area contributed by atoms with Gasteiger partial charge in [-0.1, -0.05) is 12.1 Å². The first-order valence-electron chi connectivity index (χ1n) is 5.36. The van der Waals surface area contributed by atoms with E-state index in [2.05, 4.69) is 20.7 Å². The van der Waals surface area contributed by atoms with E-state index >= 15 is 0 Å². The van der Waals surface area contributed by atoms with E-state index in [0.29, 0.717) is 11.0 Å². The average molecular weight is 335 g/mol. The standard InChI is InChI=1S/C11H15BrN2O3S/c1-3-14(2)11(15)8-13-18(16,17)10-7-5-4-6-9(10)12/h4-7,13H,3,8H2,1-2H3. The molecule has 100 valence electrons. The third kappa shape index (κ3) is 3.79. The number of hydrogen-bond donors (Lipinski definition) is 1. The van der Waals surface area contributed by atoms with Gasteiger partial charge in [0.1, 0.15) is 0 Å². The van der Waals surface area contributed by atoms with Crippen LogP contribution in [-0.2, 0) is 14.8 Å². The highest BCUT2D eigenvalue weighted by Gasteiger charge is 2.18. The van der Waals surface area contributed by atoms with Crippen molar-refractivity contribution in [3.63, 3.8) is 0 Å². The minimum Gasteiger partial charge on any atom is -0.345 e. The van der Waals surface area contributed by atoms with Crippen molar-refractivity contribution in [1.82, 2.24) is 9.62 Å². The highest BCUT2D eigenvalue weighted by atomic mass is 79.9. The first kappa shape index (κ1) is 15.1. The van der Waals surface area contributed by atoms with Crippen LogP contribution in [-0.4, -0.2) is 39.4 Å². The lowest BCUT2D eigenvalue weighted by molar-refractivity contribution is -0.128. The second-order valence-corrected chi connectivity index (χ2v) is 6.25. The van der Waals surface area contributed by atoms with Crippen LogP contribution >= 0.6 is 15.9 Å². The lowest BCUT2D eigenvalue weighted by Gasteiger charge is -2.15. The number of amides is 1. The molecule has 0 spiro atoms. The molecule has 0 unspecified atom stereocenters. The SMILES string of the molecule is CCN(C)C(=O)CNS(=O)(=O)c1ccccc1Br. The molecule has 0 saturated carbocycles. The summed E-state index contributed by atoms with van der Waals surface area (Å²) < 4.78 is 26.7. The van der Waals surface area contributed by atoms with E-state index in [1.807, 2.05) is 6.92 Å². The molecule has 1 amide bonds. The monoisotopic (exact) mass is 334 g/mol. The topological polar surface area (TPSA) is 66.5 Å². The zero-order chi connectivity index (χ0) is 13.8. The molecule has 0 aliphatic heterocycles.